The van der Waals surface area contributed by atoms with Gasteiger partial charge in [-0.2, -0.15) is 0 Å². The Labute approximate surface area is 228 Å². The van der Waals surface area contributed by atoms with Crippen molar-refractivity contribution in [3.8, 4) is 0 Å². The first-order valence-electron chi connectivity index (χ1n) is 13.1. The zero-order valence-corrected chi connectivity index (χ0v) is 23.1. The van der Waals surface area contributed by atoms with Crippen molar-refractivity contribution in [2.24, 2.45) is 11.8 Å². The van der Waals surface area contributed by atoms with Crippen LogP contribution in [0.1, 0.15) is 61.6 Å². The van der Waals surface area contributed by atoms with E-state index in [0.717, 1.165) is 30.8 Å². The molecule has 1 heterocycles. The molecular formula is C28H38ClN3O6. The standard InChI is InChI=1S/C28H38ClN3O6/c1-28(2,3)31(26-6-4-5-22(30-26)13-14-33)18-23-19(11-12-24(23)29)7-8-20-9-10-21(17-25(20)32(36)37)27(35)38-16-15-34/h4-6,9-10,17,19,23-24,33-34H,7-8,11-16,18H2,1-3H3/t19-,23+,24?/m0/s1. The van der Waals surface area contributed by atoms with Crippen LogP contribution in [-0.4, -0.2) is 63.4 Å². The Morgan fingerprint density at radius 1 is 1.18 bits per heavy atom. The normalized spacial score (nSPS) is 19.4. The van der Waals surface area contributed by atoms with Crippen molar-refractivity contribution in [3.63, 3.8) is 0 Å². The summed E-state index contributed by atoms with van der Waals surface area (Å²) in [6, 6.07) is 10.2. The second-order valence-electron chi connectivity index (χ2n) is 10.8. The number of pyridine rings is 1. The Morgan fingerprint density at radius 2 is 1.95 bits per heavy atom. The average Bonchev–Trinajstić information content (AvgIpc) is 3.22. The first kappa shape index (κ1) is 29.8. The summed E-state index contributed by atoms with van der Waals surface area (Å²) in [5.74, 6) is 0.591. The fourth-order valence-corrected chi connectivity index (χ4v) is 5.56. The number of carbonyl (C=O) groups excluding carboxylic acids is 1. The minimum atomic E-state index is -0.700. The molecule has 1 unspecified atom stereocenters. The first-order chi connectivity index (χ1) is 18.0. The maximum Gasteiger partial charge on any atom is 0.338 e. The minimum Gasteiger partial charge on any atom is -0.460 e. The van der Waals surface area contributed by atoms with Crippen LogP contribution in [0, 0.1) is 22.0 Å². The minimum absolute atomic E-state index is 0.0101. The molecule has 9 nitrogen and oxygen atoms in total. The molecule has 1 aliphatic carbocycles. The fourth-order valence-electron chi connectivity index (χ4n) is 5.15. The van der Waals surface area contributed by atoms with E-state index in [1.165, 1.54) is 12.1 Å². The predicted molar refractivity (Wildman–Crippen MR) is 147 cm³/mol. The molecule has 1 fully saturated rings. The van der Waals surface area contributed by atoms with E-state index in [-0.39, 0.29) is 53.8 Å². The Hall–Kier alpha value is -2.75. The second kappa shape index (κ2) is 13.4. The van der Waals surface area contributed by atoms with E-state index >= 15 is 0 Å². The number of benzene rings is 1. The van der Waals surface area contributed by atoms with E-state index in [1.54, 1.807) is 6.07 Å². The van der Waals surface area contributed by atoms with Gasteiger partial charge in [-0.15, -0.1) is 11.6 Å². The predicted octanol–water partition coefficient (Wildman–Crippen LogP) is 4.55. The Balaban J connectivity index is 1.77. The summed E-state index contributed by atoms with van der Waals surface area (Å²) in [6.45, 7) is 6.68. The molecule has 0 amide bonds. The van der Waals surface area contributed by atoms with Crippen molar-refractivity contribution in [1.82, 2.24) is 4.98 Å². The highest BCUT2D eigenvalue weighted by Gasteiger charge is 2.38. The zero-order valence-electron chi connectivity index (χ0n) is 22.3. The number of nitrogens with zero attached hydrogens (tertiary/aromatic N) is 3. The van der Waals surface area contributed by atoms with Gasteiger partial charge in [0.15, 0.2) is 0 Å². The van der Waals surface area contributed by atoms with Crippen LogP contribution in [0.2, 0.25) is 0 Å². The maximum absolute atomic E-state index is 12.1. The molecule has 10 heteroatoms. The molecule has 0 saturated heterocycles. The Kier molecular flexibility index (Phi) is 10.5. The van der Waals surface area contributed by atoms with Crippen LogP contribution in [0.5, 0.6) is 0 Å². The molecule has 2 aromatic rings. The lowest BCUT2D eigenvalue weighted by atomic mass is 9.88. The SMILES string of the molecule is CC(C)(C)N(C[C@H]1C(Cl)CC[C@@H]1CCc1ccc(C(=O)OCCO)cc1[N+](=O)[O-])c1cccc(CCO)n1. The van der Waals surface area contributed by atoms with Gasteiger partial charge >= 0.3 is 5.97 Å². The summed E-state index contributed by atoms with van der Waals surface area (Å²) < 4.78 is 4.89. The number of hydrogen-bond acceptors (Lipinski definition) is 8. The van der Waals surface area contributed by atoms with Crippen LogP contribution in [0.4, 0.5) is 11.5 Å². The number of ether oxygens (including phenoxy) is 1. The van der Waals surface area contributed by atoms with E-state index in [0.29, 0.717) is 24.9 Å². The van der Waals surface area contributed by atoms with Gasteiger partial charge in [0.05, 0.1) is 17.1 Å². The van der Waals surface area contributed by atoms with Gasteiger partial charge in [-0.3, -0.25) is 10.1 Å². The molecule has 1 aromatic carbocycles. The number of aromatic nitrogens is 1. The van der Waals surface area contributed by atoms with E-state index in [9.17, 15) is 20.0 Å². The van der Waals surface area contributed by atoms with Crippen LogP contribution in [0.15, 0.2) is 36.4 Å². The lowest BCUT2D eigenvalue weighted by Gasteiger charge is -2.40. The second-order valence-corrected chi connectivity index (χ2v) is 11.3. The van der Waals surface area contributed by atoms with Crippen molar-refractivity contribution in [2.75, 3.05) is 31.3 Å². The smallest absolute Gasteiger partial charge is 0.338 e. The third kappa shape index (κ3) is 7.65. The van der Waals surface area contributed by atoms with Crippen LogP contribution >= 0.6 is 11.6 Å². The summed E-state index contributed by atoms with van der Waals surface area (Å²) in [6.07, 6.45) is 3.54. The largest absolute Gasteiger partial charge is 0.460 e. The molecule has 3 rings (SSSR count). The number of aryl methyl sites for hydroxylation is 1. The number of anilines is 1. The lowest BCUT2D eigenvalue weighted by molar-refractivity contribution is -0.385. The van der Waals surface area contributed by atoms with Gasteiger partial charge in [0.2, 0.25) is 0 Å². The number of rotatable bonds is 12. The summed E-state index contributed by atoms with van der Waals surface area (Å²) >= 11 is 6.84. The molecule has 38 heavy (non-hydrogen) atoms. The Bertz CT molecular complexity index is 1110. The highest BCUT2D eigenvalue weighted by molar-refractivity contribution is 6.21. The lowest BCUT2D eigenvalue weighted by Crippen LogP contribution is -2.46. The highest BCUT2D eigenvalue weighted by Crippen LogP contribution is 2.41. The summed E-state index contributed by atoms with van der Waals surface area (Å²) in [7, 11) is 0. The van der Waals surface area contributed by atoms with E-state index in [1.807, 2.05) is 18.2 Å². The van der Waals surface area contributed by atoms with Gasteiger partial charge in [-0.05, 0) is 76.5 Å². The number of halogens is 1. The van der Waals surface area contributed by atoms with Crippen LogP contribution < -0.4 is 4.90 Å². The summed E-state index contributed by atoms with van der Waals surface area (Å²) in [4.78, 5) is 30.5. The van der Waals surface area contributed by atoms with E-state index in [2.05, 4.69) is 25.7 Å². The number of nitro groups is 1. The fraction of sp³-hybridized carbons (Fsp3) is 0.571. The number of aliphatic hydroxyl groups is 2. The summed E-state index contributed by atoms with van der Waals surface area (Å²) in [5, 5.41) is 30.0. The number of aliphatic hydroxyl groups excluding tert-OH is 2. The van der Waals surface area contributed by atoms with Crippen LogP contribution in [0.25, 0.3) is 0 Å². The number of carbonyl (C=O) groups is 1. The molecule has 0 bridgehead atoms. The van der Waals surface area contributed by atoms with Gasteiger partial charge in [-0.1, -0.05) is 12.1 Å². The Morgan fingerprint density at radius 3 is 2.61 bits per heavy atom. The van der Waals surface area contributed by atoms with Gasteiger partial charge < -0.3 is 19.8 Å². The maximum atomic E-state index is 12.1. The van der Waals surface area contributed by atoms with Crippen LogP contribution in [-0.2, 0) is 17.6 Å². The molecule has 1 aliphatic rings. The molecular weight excluding hydrogens is 510 g/mol. The average molecular weight is 548 g/mol. The quantitative estimate of drug-likeness (QED) is 0.171. The van der Waals surface area contributed by atoms with Crippen molar-refractivity contribution in [2.45, 2.75) is 63.8 Å². The molecule has 0 radical (unpaired) electrons. The number of nitro benzene ring substituents is 1. The third-order valence-electron chi connectivity index (χ3n) is 7.15. The van der Waals surface area contributed by atoms with Gasteiger partial charge in [0, 0.05) is 47.8 Å². The van der Waals surface area contributed by atoms with E-state index < -0.39 is 10.9 Å². The van der Waals surface area contributed by atoms with Gasteiger partial charge in [0.25, 0.3) is 5.69 Å². The number of hydrogen-bond donors (Lipinski definition) is 2. The molecule has 1 aromatic heterocycles. The zero-order chi connectivity index (χ0) is 27.9. The van der Waals surface area contributed by atoms with Crippen molar-refractivity contribution < 1.29 is 24.7 Å². The summed E-state index contributed by atoms with van der Waals surface area (Å²) in [5.41, 5.74) is 1.16. The molecule has 208 valence electrons. The first-order valence-corrected chi connectivity index (χ1v) is 13.5. The van der Waals surface area contributed by atoms with Crippen LogP contribution in [0.3, 0.4) is 0 Å². The number of esters is 1. The molecule has 0 aliphatic heterocycles. The molecule has 0 spiro atoms. The van der Waals surface area contributed by atoms with Crippen molar-refractivity contribution in [1.29, 1.82) is 0 Å². The van der Waals surface area contributed by atoms with Gasteiger partial charge in [-0.25, -0.2) is 9.78 Å². The highest BCUT2D eigenvalue weighted by atomic mass is 35.5. The third-order valence-corrected chi connectivity index (χ3v) is 7.69. The monoisotopic (exact) mass is 547 g/mol. The molecule has 2 N–H and O–H groups in total. The topological polar surface area (TPSA) is 126 Å². The molecule has 3 atom stereocenters. The molecule has 1 saturated carbocycles. The number of alkyl halides is 1. The van der Waals surface area contributed by atoms with Crippen molar-refractivity contribution >= 4 is 29.1 Å². The van der Waals surface area contributed by atoms with E-state index in [4.69, 9.17) is 26.4 Å². The van der Waals surface area contributed by atoms with Gasteiger partial charge in [0.1, 0.15) is 12.4 Å². The van der Waals surface area contributed by atoms with Crippen molar-refractivity contribution in [3.05, 3.63) is 63.3 Å².